The molecule has 0 heterocycles. The summed E-state index contributed by atoms with van der Waals surface area (Å²) in [6.07, 6.45) is 3.19. The van der Waals surface area contributed by atoms with Crippen molar-refractivity contribution in [2.24, 2.45) is 0 Å². The van der Waals surface area contributed by atoms with E-state index in [1.807, 2.05) is 0 Å². The van der Waals surface area contributed by atoms with Gasteiger partial charge in [-0.3, -0.25) is 9.59 Å². The molecule has 0 unspecified atom stereocenters. The van der Waals surface area contributed by atoms with Crippen molar-refractivity contribution in [1.29, 1.82) is 0 Å². The number of nitrogen functional groups attached to an aromatic ring is 1. The predicted molar refractivity (Wildman–Crippen MR) is 80.1 cm³/mol. The van der Waals surface area contributed by atoms with Crippen LogP contribution in [-0.4, -0.2) is 31.5 Å². The molecular formula is C15H21N3O3. The van der Waals surface area contributed by atoms with Gasteiger partial charge in [-0.2, -0.15) is 0 Å². The lowest BCUT2D eigenvalue weighted by Crippen LogP contribution is -2.28. The summed E-state index contributed by atoms with van der Waals surface area (Å²) < 4.78 is 5.08. The van der Waals surface area contributed by atoms with Gasteiger partial charge >= 0.3 is 0 Å². The second kappa shape index (κ2) is 6.97. The van der Waals surface area contributed by atoms with E-state index in [0.29, 0.717) is 42.4 Å². The third-order valence-electron chi connectivity index (χ3n) is 3.34. The zero-order valence-electron chi connectivity index (χ0n) is 12.1. The molecular weight excluding hydrogens is 270 g/mol. The minimum Gasteiger partial charge on any atom is -0.495 e. The third kappa shape index (κ3) is 4.37. The standard InChI is InChI=1S/C15H21N3O3/c1-21-12-5-2-4-11(14(12)16)15(20)17-9-3-6-13(19)18-10-7-8-10/h2,4-5,10H,3,6-9,16H2,1H3,(H,17,20)(H,18,19). The molecule has 1 aliphatic rings. The van der Waals surface area contributed by atoms with Gasteiger partial charge in [0.15, 0.2) is 0 Å². The number of nitrogens with two attached hydrogens (primary N) is 1. The molecule has 1 aromatic rings. The van der Waals surface area contributed by atoms with E-state index < -0.39 is 0 Å². The maximum atomic E-state index is 12.0. The highest BCUT2D eigenvalue weighted by Gasteiger charge is 2.22. The molecule has 0 aliphatic heterocycles. The summed E-state index contributed by atoms with van der Waals surface area (Å²) in [6, 6.07) is 5.44. The van der Waals surface area contributed by atoms with Crippen LogP contribution in [0.3, 0.4) is 0 Å². The smallest absolute Gasteiger partial charge is 0.253 e. The van der Waals surface area contributed by atoms with Crippen LogP contribution in [0, 0.1) is 0 Å². The molecule has 0 saturated heterocycles. The van der Waals surface area contributed by atoms with Gasteiger partial charge in [-0.25, -0.2) is 0 Å². The lowest BCUT2D eigenvalue weighted by Gasteiger charge is -2.10. The molecule has 0 spiro atoms. The number of benzene rings is 1. The average molecular weight is 291 g/mol. The van der Waals surface area contributed by atoms with E-state index in [9.17, 15) is 9.59 Å². The zero-order valence-corrected chi connectivity index (χ0v) is 12.1. The Morgan fingerprint density at radius 2 is 2.14 bits per heavy atom. The number of nitrogens with one attached hydrogen (secondary N) is 2. The number of rotatable bonds is 7. The molecule has 4 N–H and O–H groups in total. The summed E-state index contributed by atoms with van der Waals surface area (Å²) >= 11 is 0. The fourth-order valence-electron chi connectivity index (χ4n) is 1.99. The van der Waals surface area contributed by atoms with Crippen LogP contribution in [0.15, 0.2) is 18.2 Å². The van der Waals surface area contributed by atoms with Crippen LogP contribution >= 0.6 is 0 Å². The van der Waals surface area contributed by atoms with E-state index >= 15 is 0 Å². The van der Waals surface area contributed by atoms with Gasteiger partial charge in [-0.1, -0.05) is 6.07 Å². The van der Waals surface area contributed by atoms with Crippen LogP contribution in [0.5, 0.6) is 5.75 Å². The SMILES string of the molecule is COc1cccc(C(=O)NCCCC(=O)NC2CC2)c1N. The number of ether oxygens (including phenoxy) is 1. The van der Waals surface area contributed by atoms with Crippen molar-refractivity contribution >= 4 is 17.5 Å². The molecule has 0 aromatic heterocycles. The number of para-hydroxylation sites is 1. The number of hydrogen-bond acceptors (Lipinski definition) is 4. The maximum absolute atomic E-state index is 12.0. The monoisotopic (exact) mass is 291 g/mol. The summed E-state index contributed by atoms with van der Waals surface area (Å²) in [5, 5.41) is 5.67. The summed E-state index contributed by atoms with van der Waals surface area (Å²) in [7, 11) is 1.51. The Hall–Kier alpha value is -2.24. The Morgan fingerprint density at radius 3 is 2.81 bits per heavy atom. The van der Waals surface area contributed by atoms with Crippen LogP contribution in [0.4, 0.5) is 5.69 Å². The number of carbonyl (C=O) groups excluding carboxylic acids is 2. The molecule has 0 radical (unpaired) electrons. The third-order valence-corrected chi connectivity index (χ3v) is 3.34. The van der Waals surface area contributed by atoms with Crippen LogP contribution in [0.1, 0.15) is 36.0 Å². The van der Waals surface area contributed by atoms with Crippen LogP contribution in [0.25, 0.3) is 0 Å². The average Bonchev–Trinajstić information content (AvgIpc) is 3.27. The number of amides is 2. The molecule has 1 saturated carbocycles. The largest absolute Gasteiger partial charge is 0.495 e. The molecule has 1 aliphatic carbocycles. The van der Waals surface area contributed by atoms with Gasteiger partial charge in [-0.15, -0.1) is 0 Å². The van der Waals surface area contributed by atoms with E-state index in [1.54, 1.807) is 18.2 Å². The fourth-order valence-corrected chi connectivity index (χ4v) is 1.99. The summed E-state index contributed by atoms with van der Waals surface area (Å²) in [5.41, 5.74) is 6.57. The van der Waals surface area contributed by atoms with Crippen molar-refractivity contribution in [3.63, 3.8) is 0 Å². The Morgan fingerprint density at radius 1 is 1.38 bits per heavy atom. The lowest BCUT2D eigenvalue weighted by molar-refractivity contribution is -0.121. The second-order valence-corrected chi connectivity index (χ2v) is 5.12. The van der Waals surface area contributed by atoms with Crippen LogP contribution in [0.2, 0.25) is 0 Å². The first-order chi connectivity index (χ1) is 10.1. The Balaban J connectivity index is 1.75. The van der Waals surface area contributed by atoms with E-state index in [2.05, 4.69) is 10.6 Å². The highest BCUT2D eigenvalue weighted by molar-refractivity contribution is 6.00. The molecule has 0 bridgehead atoms. The highest BCUT2D eigenvalue weighted by atomic mass is 16.5. The highest BCUT2D eigenvalue weighted by Crippen LogP contribution is 2.24. The summed E-state index contributed by atoms with van der Waals surface area (Å²) in [5.74, 6) is 0.271. The number of carbonyl (C=O) groups is 2. The Bertz CT molecular complexity index is 527. The van der Waals surface area contributed by atoms with E-state index in [0.717, 1.165) is 12.8 Å². The van der Waals surface area contributed by atoms with Gasteiger partial charge in [0.25, 0.3) is 5.91 Å². The van der Waals surface area contributed by atoms with Crippen molar-refractivity contribution in [1.82, 2.24) is 10.6 Å². The zero-order chi connectivity index (χ0) is 15.2. The molecule has 2 rings (SSSR count). The molecule has 6 heteroatoms. The van der Waals surface area contributed by atoms with Crippen molar-refractivity contribution in [3.8, 4) is 5.75 Å². The summed E-state index contributed by atoms with van der Waals surface area (Å²) in [4.78, 5) is 23.5. The van der Waals surface area contributed by atoms with Crippen molar-refractivity contribution in [3.05, 3.63) is 23.8 Å². The normalized spacial score (nSPS) is 13.6. The van der Waals surface area contributed by atoms with Gasteiger partial charge in [0.1, 0.15) is 5.75 Å². The predicted octanol–water partition coefficient (Wildman–Crippen LogP) is 1.07. The van der Waals surface area contributed by atoms with Crippen LogP contribution in [-0.2, 0) is 4.79 Å². The first-order valence-corrected chi connectivity index (χ1v) is 7.12. The van der Waals surface area contributed by atoms with Gasteiger partial charge in [0, 0.05) is 19.0 Å². The number of hydrogen-bond donors (Lipinski definition) is 3. The van der Waals surface area contributed by atoms with Gasteiger partial charge in [-0.05, 0) is 31.4 Å². The quantitative estimate of drug-likeness (QED) is 0.517. The molecule has 0 atom stereocenters. The van der Waals surface area contributed by atoms with E-state index in [1.165, 1.54) is 7.11 Å². The minimum absolute atomic E-state index is 0.0487. The van der Waals surface area contributed by atoms with Gasteiger partial charge < -0.3 is 21.1 Å². The molecule has 2 amide bonds. The Kier molecular flexibility index (Phi) is 5.03. The summed E-state index contributed by atoms with van der Waals surface area (Å²) in [6.45, 7) is 0.438. The van der Waals surface area contributed by atoms with E-state index in [-0.39, 0.29) is 11.8 Å². The van der Waals surface area contributed by atoms with Gasteiger partial charge in [0.2, 0.25) is 5.91 Å². The number of methoxy groups -OCH3 is 1. The maximum Gasteiger partial charge on any atom is 0.253 e. The molecule has 6 nitrogen and oxygen atoms in total. The number of anilines is 1. The van der Waals surface area contributed by atoms with Crippen molar-refractivity contribution < 1.29 is 14.3 Å². The van der Waals surface area contributed by atoms with Crippen molar-refractivity contribution in [2.45, 2.75) is 31.7 Å². The topological polar surface area (TPSA) is 93.4 Å². The van der Waals surface area contributed by atoms with Gasteiger partial charge in [0.05, 0.1) is 18.4 Å². The first kappa shape index (κ1) is 15.2. The molecule has 21 heavy (non-hydrogen) atoms. The van der Waals surface area contributed by atoms with E-state index in [4.69, 9.17) is 10.5 Å². The first-order valence-electron chi connectivity index (χ1n) is 7.12. The molecule has 114 valence electrons. The second-order valence-electron chi connectivity index (χ2n) is 5.12. The van der Waals surface area contributed by atoms with Crippen molar-refractivity contribution in [2.75, 3.05) is 19.4 Å². The molecule has 1 fully saturated rings. The Labute approximate surface area is 124 Å². The molecule has 1 aromatic carbocycles. The fraction of sp³-hybridized carbons (Fsp3) is 0.467. The van der Waals surface area contributed by atoms with Crippen LogP contribution < -0.4 is 21.1 Å². The minimum atomic E-state index is -0.256. The lowest BCUT2D eigenvalue weighted by atomic mass is 10.1.